The number of aliphatic hydroxyl groups excluding tert-OH is 1. The van der Waals surface area contributed by atoms with Crippen molar-refractivity contribution in [1.29, 1.82) is 0 Å². The number of aliphatic carboxylic acids is 1. The first-order valence-electron chi connectivity index (χ1n) is 7.37. The fourth-order valence-corrected chi connectivity index (χ4v) is 3.04. The van der Waals surface area contributed by atoms with Crippen LogP contribution in [0.1, 0.15) is 50.2 Å². The highest BCUT2D eigenvalue weighted by atomic mass is 19.1. The van der Waals surface area contributed by atoms with E-state index in [0.29, 0.717) is 18.4 Å². The van der Waals surface area contributed by atoms with Crippen molar-refractivity contribution >= 4 is 11.9 Å². The Bertz CT molecular complexity index is 555. The summed E-state index contributed by atoms with van der Waals surface area (Å²) in [4.78, 5) is 23.1. The Morgan fingerprint density at radius 2 is 2.00 bits per heavy atom. The maximum atomic E-state index is 13.1. The zero-order chi connectivity index (χ0) is 16.2. The minimum absolute atomic E-state index is 0.116. The zero-order valence-corrected chi connectivity index (χ0v) is 12.2. The number of carboxylic acids is 1. The minimum Gasteiger partial charge on any atom is -0.481 e. The van der Waals surface area contributed by atoms with E-state index in [1.807, 2.05) is 0 Å². The van der Waals surface area contributed by atoms with Crippen molar-refractivity contribution in [2.45, 2.75) is 50.2 Å². The van der Waals surface area contributed by atoms with E-state index in [-0.39, 0.29) is 12.8 Å². The predicted octanol–water partition coefficient (Wildman–Crippen LogP) is 2.15. The molecule has 2 rings (SSSR count). The van der Waals surface area contributed by atoms with Gasteiger partial charge in [-0.2, -0.15) is 0 Å². The van der Waals surface area contributed by atoms with Crippen LogP contribution in [0.4, 0.5) is 4.39 Å². The Hall–Kier alpha value is -1.95. The maximum Gasteiger partial charge on any atom is 0.305 e. The Balaban J connectivity index is 1.97. The molecule has 1 aliphatic carbocycles. The maximum absolute atomic E-state index is 13.1. The average molecular weight is 309 g/mol. The van der Waals surface area contributed by atoms with Crippen LogP contribution in [0.25, 0.3) is 0 Å². The van der Waals surface area contributed by atoms with Crippen molar-refractivity contribution in [2.24, 2.45) is 0 Å². The first-order valence-corrected chi connectivity index (χ1v) is 7.37. The van der Waals surface area contributed by atoms with Crippen LogP contribution in [0.15, 0.2) is 24.3 Å². The van der Waals surface area contributed by atoms with Crippen molar-refractivity contribution in [3.05, 3.63) is 35.6 Å². The van der Waals surface area contributed by atoms with E-state index in [2.05, 4.69) is 5.32 Å². The van der Waals surface area contributed by atoms with Gasteiger partial charge in [-0.3, -0.25) is 9.59 Å². The normalized spacial score (nSPS) is 17.9. The number of rotatable bonds is 6. The summed E-state index contributed by atoms with van der Waals surface area (Å²) in [7, 11) is 0. The number of carbonyl (C=O) groups is 2. The second kappa shape index (κ2) is 6.87. The van der Waals surface area contributed by atoms with Crippen LogP contribution in [-0.4, -0.2) is 27.6 Å². The molecule has 0 aliphatic heterocycles. The summed E-state index contributed by atoms with van der Waals surface area (Å²) in [6, 6.07) is 5.45. The number of benzene rings is 1. The zero-order valence-electron chi connectivity index (χ0n) is 12.2. The van der Waals surface area contributed by atoms with E-state index < -0.39 is 29.3 Å². The molecule has 120 valence electrons. The molecule has 0 heterocycles. The summed E-state index contributed by atoms with van der Waals surface area (Å²) in [5, 5.41) is 21.8. The van der Waals surface area contributed by atoms with Gasteiger partial charge in [-0.1, -0.05) is 25.0 Å². The summed E-state index contributed by atoms with van der Waals surface area (Å²) in [6.45, 7) is 0. The molecule has 0 bridgehead atoms. The molecule has 6 heteroatoms. The van der Waals surface area contributed by atoms with Gasteiger partial charge in [0.25, 0.3) is 0 Å². The van der Waals surface area contributed by atoms with Gasteiger partial charge >= 0.3 is 5.97 Å². The van der Waals surface area contributed by atoms with Gasteiger partial charge in [0.2, 0.25) is 5.91 Å². The van der Waals surface area contributed by atoms with E-state index in [4.69, 9.17) is 5.11 Å². The monoisotopic (exact) mass is 309 g/mol. The van der Waals surface area contributed by atoms with Crippen LogP contribution in [0.5, 0.6) is 0 Å². The molecule has 1 saturated carbocycles. The molecule has 0 aromatic heterocycles. The number of aliphatic hydroxyl groups is 1. The lowest BCUT2D eigenvalue weighted by Gasteiger charge is -2.29. The quantitative estimate of drug-likeness (QED) is 0.751. The Kier molecular flexibility index (Phi) is 5.13. The van der Waals surface area contributed by atoms with E-state index in [9.17, 15) is 19.1 Å². The van der Waals surface area contributed by atoms with Gasteiger partial charge in [-0.25, -0.2) is 4.39 Å². The highest BCUT2D eigenvalue weighted by Gasteiger charge is 2.37. The summed E-state index contributed by atoms with van der Waals surface area (Å²) in [5.41, 5.74) is -0.390. The lowest BCUT2D eigenvalue weighted by atomic mass is 9.92. The molecule has 0 spiro atoms. The van der Waals surface area contributed by atoms with Crippen LogP contribution in [-0.2, 0) is 9.59 Å². The lowest BCUT2D eigenvalue weighted by Crippen LogP contribution is -2.48. The summed E-state index contributed by atoms with van der Waals surface area (Å²) >= 11 is 0. The fraction of sp³-hybridized carbons (Fsp3) is 0.500. The largest absolute Gasteiger partial charge is 0.481 e. The van der Waals surface area contributed by atoms with Crippen LogP contribution in [0.3, 0.4) is 0 Å². The van der Waals surface area contributed by atoms with Gasteiger partial charge in [-0.15, -0.1) is 0 Å². The lowest BCUT2D eigenvalue weighted by molar-refractivity contribution is -0.139. The molecule has 0 radical (unpaired) electrons. The summed E-state index contributed by atoms with van der Waals surface area (Å²) < 4.78 is 13.1. The molecule has 1 aromatic carbocycles. The van der Waals surface area contributed by atoms with E-state index >= 15 is 0 Å². The van der Waals surface area contributed by atoms with E-state index in [1.54, 1.807) is 6.07 Å². The third-order valence-corrected chi connectivity index (χ3v) is 4.07. The highest BCUT2D eigenvalue weighted by Crippen LogP contribution is 2.33. The first-order chi connectivity index (χ1) is 10.4. The second-order valence-corrected chi connectivity index (χ2v) is 5.88. The van der Waals surface area contributed by atoms with Crippen molar-refractivity contribution in [2.75, 3.05) is 0 Å². The van der Waals surface area contributed by atoms with Crippen LogP contribution in [0.2, 0.25) is 0 Å². The molecule has 1 aromatic rings. The average Bonchev–Trinajstić information content (AvgIpc) is 2.85. The topological polar surface area (TPSA) is 86.6 Å². The number of nitrogens with one attached hydrogen (secondary N) is 1. The molecular weight excluding hydrogens is 289 g/mol. The Morgan fingerprint density at radius 1 is 1.32 bits per heavy atom. The van der Waals surface area contributed by atoms with Crippen molar-refractivity contribution in [3.63, 3.8) is 0 Å². The number of halogens is 1. The molecule has 1 fully saturated rings. The number of hydrogen-bond donors (Lipinski definition) is 3. The smallest absolute Gasteiger partial charge is 0.305 e. The van der Waals surface area contributed by atoms with Gasteiger partial charge in [0.1, 0.15) is 5.82 Å². The second-order valence-electron chi connectivity index (χ2n) is 5.88. The molecule has 22 heavy (non-hydrogen) atoms. The Labute approximate surface area is 128 Å². The van der Waals surface area contributed by atoms with Crippen molar-refractivity contribution < 1.29 is 24.2 Å². The standard InChI is InChI=1S/C16H20FNO4/c17-12-5-3-4-11(8-12)13(19)9-14(20)18-16(10-15(21)22)6-1-2-7-16/h3-5,8,13,19H,1-2,6-7,9-10H2,(H,18,20)(H,21,22). The molecular formula is C16H20FNO4. The SMILES string of the molecule is O=C(O)CC1(NC(=O)CC(O)c2cccc(F)c2)CCCC1. The third-order valence-electron chi connectivity index (χ3n) is 4.07. The van der Waals surface area contributed by atoms with Gasteiger partial charge in [0.05, 0.1) is 24.5 Å². The van der Waals surface area contributed by atoms with Gasteiger partial charge in [0.15, 0.2) is 0 Å². The number of hydrogen-bond acceptors (Lipinski definition) is 3. The van der Waals surface area contributed by atoms with E-state index in [0.717, 1.165) is 12.8 Å². The number of carbonyl (C=O) groups excluding carboxylic acids is 1. The first kappa shape index (κ1) is 16.4. The summed E-state index contributed by atoms with van der Waals surface area (Å²) in [6.07, 6.45) is 1.56. The molecule has 0 saturated heterocycles. The fourth-order valence-electron chi connectivity index (χ4n) is 3.04. The third kappa shape index (κ3) is 4.27. The molecule has 1 aliphatic rings. The van der Waals surface area contributed by atoms with Gasteiger partial charge in [0, 0.05) is 0 Å². The van der Waals surface area contributed by atoms with E-state index in [1.165, 1.54) is 18.2 Å². The minimum atomic E-state index is -1.11. The number of carboxylic acid groups (broad SMARTS) is 1. The Morgan fingerprint density at radius 3 is 2.59 bits per heavy atom. The molecule has 1 atom stereocenters. The molecule has 3 N–H and O–H groups in total. The predicted molar refractivity (Wildman–Crippen MR) is 77.6 cm³/mol. The summed E-state index contributed by atoms with van der Waals surface area (Å²) in [5.74, 6) is -1.84. The van der Waals surface area contributed by atoms with Crippen molar-refractivity contribution in [3.8, 4) is 0 Å². The van der Waals surface area contributed by atoms with Gasteiger partial charge < -0.3 is 15.5 Å². The molecule has 1 amide bonds. The van der Waals surface area contributed by atoms with Crippen LogP contribution in [0, 0.1) is 5.82 Å². The van der Waals surface area contributed by atoms with Crippen LogP contribution < -0.4 is 5.32 Å². The molecule has 1 unspecified atom stereocenters. The van der Waals surface area contributed by atoms with Crippen molar-refractivity contribution in [1.82, 2.24) is 5.32 Å². The van der Waals surface area contributed by atoms with Crippen LogP contribution >= 0.6 is 0 Å². The number of amides is 1. The molecule has 5 nitrogen and oxygen atoms in total. The highest BCUT2D eigenvalue weighted by molar-refractivity contribution is 5.79. The van der Waals surface area contributed by atoms with Gasteiger partial charge in [-0.05, 0) is 30.5 Å².